The second-order valence-corrected chi connectivity index (χ2v) is 9.14. The summed E-state index contributed by atoms with van der Waals surface area (Å²) in [6.07, 6.45) is 0.746. The zero-order valence-electron chi connectivity index (χ0n) is 21.5. The molecule has 0 spiro atoms. The summed E-state index contributed by atoms with van der Waals surface area (Å²) in [4.78, 5) is 43.9. The Labute approximate surface area is 217 Å². The highest BCUT2D eigenvalue weighted by Crippen LogP contribution is 2.29. The van der Waals surface area contributed by atoms with Crippen LogP contribution in [-0.2, 0) is 16.0 Å². The molecular formula is C27H35N5O5. The van der Waals surface area contributed by atoms with Crippen LogP contribution in [0.4, 0.5) is 16.2 Å². The maximum absolute atomic E-state index is 13.3. The molecule has 3 amide bonds. The van der Waals surface area contributed by atoms with Crippen LogP contribution in [0.25, 0.3) is 0 Å². The molecule has 2 aliphatic rings. The van der Waals surface area contributed by atoms with Crippen molar-refractivity contribution in [3.8, 4) is 5.75 Å². The number of carbonyl (C=O) groups is 3. The molecule has 10 heteroatoms. The lowest BCUT2D eigenvalue weighted by atomic mass is 10.1. The summed E-state index contributed by atoms with van der Waals surface area (Å²) in [6, 6.07) is 12.8. The van der Waals surface area contributed by atoms with E-state index in [0.29, 0.717) is 50.5 Å². The summed E-state index contributed by atoms with van der Waals surface area (Å²) in [6.45, 7) is 5.19. The van der Waals surface area contributed by atoms with E-state index in [2.05, 4.69) is 15.5 Å². The van der Waals surface area contributed by atoms with E-state index in [1.807, 2.05) is 41.3 Å². The molecule has 0 saturated carbocycles. The van der Waals surface area contributed by atoms with Crippen LogP contribution >= 0.6 is 0 Å². The van der Waals surface area contributed by atoms with Crippen LogP contribution in [0.1, 0.15) is 22.3 Å². The van der Waals surface area contributed by atoms with Crippen molar-refractivity contribution >= 4 is 29.3 Å². The van der Waals surface area contributed by atoms with Crippen LogP contribution < -0.4 is 20.3 Å². The van der Waals surface area contributed by atoms with Gasteiger partial charge in [-0.15, -0.1) is 0 Å². The molecule has 2 saturated heterocycles. The van der Waals surface area contributed by atoms with Crippen molar-refractivity contribution < 1.29 is 23.9 Å². The Morgan fingerprint density at radius 2 is 1.65 bits per heavy atom. The fourth-order valence-corrected chi connectivity index (χ4v) is 4.66. The first kappa shape index (κ1) is 26.3. The molecule has 2 fully saturated rings. The lowest BCUT2D eigenvalue weighted by Crippen LogP contribution is -2.49. The van der Waals surface area contributed by atoms with Gasteiger partial charge in [0.25, 0.3) is 5.91 Å². The summed E-state index contributed by atoms with van der Waals surface area (Å²) in [7, 11) is 2.98. The van der Waals surface area contributed by atoms with E-state index in [1.54, 1.807) is 18.1 Å². The first-order chi connectivity index (χ1) is 18.0. The minimum absolute atomic E-state index is 0.0450. The number of hydrogen-bond donors (Lipinski definition) is 2. The van der Waals surface area contributed by atoms with Gasteiger partial charge in [0.15, 0.2) is 0 Å². The number of rotatable bonds is 6. The number of benzene rings is 2. The second kappa shape index (κ2) is 12.4. The second-order valence-electron chi connectivity index (χ2n) is 9.14. The SMILES string of the molecule is COC(=O)N1CCN(c2ccc(C(=O)N3CCCNCC3)cc2NC(=O)Cc2ccc(OC)cc2)CC1. The minimum Gasteiger partial charge on any atom is -0.497 e. The minimum atomic E-state index is -0.347. The number of hydrogen-bond acceptors (Lipinski definition) is 7. The van der Waals surface area contributed by atoms with Crippen molar-refractivity contribution in [1.29, 1.82) is 0 Å². The van der Waals surface area contributed by atoms with Crippen LogP contribution in [0, 0.1) is 0 Å². The van der Waals surface area contributed by atoms with Gasteiger partial charge < -0.3 is 34.8 Å². The molecule has 0 aromatic heterocycles. The largest absolute Gasteiger partial charge is 0.497 e. The van der Waals surface area contributed by atoms with E-state index >= 15 is 0 Å². The molecular weight excluding hydrogens is 474 g/mol. The third-order valence-corrected chi connectivity index (χ3v) is 6.72. The third-order valence-electron chi connectivity index (χ3n) is 6.72. The van der Waals surface area contributed by atoms with Gasteiger partial charge >= 0.3 is 6.09 Å². The van der Waals surface area contributed by atoms with Crippen molar-refractivity contribution in [2.45, 2.75) is 12.8 Å². The summed E-state index contributed by atoms with van der Waals surface area (Å²) >= 11 is 0. The van der Waals surface area contributed by atoms with Crippen LogP contribution in [-0.4, -0.2) is 94.3 Å². The molecule has 2 heterocycles. The van der Waals surface area contributed by atoms with Crippen molar-refractivity contribution in [2.75, 3.05) is 76.8 Å². The van der Waals surface area contributed by atoms with E-state index in [-0.39, 0.29) is 24.3 Å². The zero-order valence-corrected chi connectivity index (χ0v) is 21.5. The number of anilines is 2. The number of amides is 3. The average molecular weight is 510 g/mol. The Kier molecular flexibility index (Phi) is 8.84. The Hall–Kier alpha value is -3.79. The molecule has 0 aliphatic carbocycles. The lowest BCUT2D eigenvalue weighted by molar-refractivity contribution is -0.115. The monoisotopic (exact) mass is 509 g/mol. The molecule has 4 rings (SSSR count). The average Bonchev–Trinajstić information content (AvgIpc) is 3.22. The number of ether oxygens (including phenoxy) is 2. The van der Waals surface area contributed by atoms with Gasteiger partial charge in [-0.1, -0.05) is 12.1 Å². The van der Waals surface area contributed by atoms with E-state index in [1.165, 1.54) is 7.11 Å². The van der Waals surface area contributed by atoms with Gasteiger partial charge in [-0.2, -0.15) is 0 Å². The molecule has 2 aromatic rings. The van der Waals surface area contributed by atoms with E-state index in [0.717, 1.165) is 36.5 Å². The van der Waals surface area contributed by atoms with E-state index < -0.39 is 0 Å². The first-order valence-electron chi connectivity index (χ1n) is 12.6. The standard InChI is InChI=1S/C27H35N5O5/c1-36-22-7-4-20(5-8-22)18-25(33)29-23-19-21(26(34)31-12-3-10-28-11-13-31)6-9-24(23)30-14-16-32(17-15-30)27(35)37-2/h4-9,19,28H,3,10-18H2,1-2H3,(H,29,33). The zero-order chi connectivity index (χ0) is 26.2. The van der Waals surface area contributed by atoms with E-state index in [9.17, 15) is 14.4 Å². The Morgan fingerprint density at radius 1 is 0.892 bits per heavy atom. The van der Waals surface area contributed by atoms with Gasteiger partial charge in [0, 0.05) is 51.4 Å². The molecule has 0 radical (unpaired) electrons. The lowest BCUT2D eigenvalue weighted by Gasteiger charge is -2.36. The number of carbonyl (C=O) groups excluding carboxylic acids is 3. The predicted octanol–water partition coefficient (Wildman–Crippen LogP) is 2.20. The van der Waals surface area contributed by atoms with Gasteiger partial charge in [0.1, 0.15) is 5.75 Å². The smallest absolute Gasteiger partial charge is 0.409 e. The Bertz CT molecular complexity index is 1090. The molecule has 0 unspecified atom stereocenters. The Balaban J connectivity index is 1.54. The molecule has 198 valence electrons. The number of piperazine rings is 1. The molecule has 2 aliphatic heterocycles. The van der Waals surface area contributed by atoms with Crippen LogP contribution in [0.5, 0.6) is 5.75 Å². The predicted molar refractivity (Wildman–Crippen MR) is 141 cm³/mol. The van der Waals surface area contributed by atoms with Crippen LogP contribution in [0.3, 0.4) is 0 Å². The maximum atomic E-state index is 13.3. The van der Waals surface area contributed by atoms with Crippen molar-refractivity contribution in [2.24, 2.45) is 0 Å². The first-order valence-corrected chi connectivity index (χ1v) is 12.6. The highest BCUT2D eigenvalue weighted by atomic mass is 16.5. The van der Waals surface area contributed by atoms with Gasteiger partial charge in [-0.25, -0.2) is 4.79 Å². The third kappa shape index (κ3) is 6.71. The molecule has 37 heavy (non-hydrogen) atoms. The van der Waals surface area contributed by atoms with Gasteiger partial charge in [-0.05, 0) is 48.9 Å². The number of methoxy groups -OCH3 is 2. The fraction of sp³-hybridized carbons (Fsp3) is 0.444. The summed E-state index contributed by atoms with van der Waals surface area (Å²) < 4.78 is 10.0. The fourth-order valence-electron chi connectivity index (χ4n) is 4.66. The molecule has 10 nitrogen and oxygen atoms in total. The summed E-state index contributed by atoms with van der Waals surface area (Å²) in [5.74, 6) is 0.507. The van der Waals surface area contributed by atoms with Crippen molar-refractivity contribution in [3.63, 3.8) is 0 Å². The molecule has 2 aromatic carbocycles. The van der Waals surface area contributed by atoms with Gasteiger partial charge in [0.05, 0.1) is 32.0 Å². The topological polar surface area (TPSA) is 103 Å². The van der Waals surface area contributed by atoms with Gasteiger partial charge in [-0.3, -0.25) is 9.59 Å². The summed E-state index contributed by atoms with van der Waals surface area (Å²) in [5, 5.41) is 6.36. The maximum Gasteiger partial charge on any atom is 0.409 e. The number of nitrogens with one attached hydrogen (secondary N) is 2. The molecule has 0 bridgehead atoms. The highest BCUT2D eigenvalue weighted by molar-refractivity contribution is 6.00. The normalized spacial score (nSPS) is 16.1. The van der Waals surface area contributed by atoms with Crippen LogP contribution in [0.2, 0.25) is 0 Å². The van der Waals surface area contributed by atoms with Gasteiger partial charge in [0.2, 0.25) is 5.91 Å². The molecule has 0 atom stereocenters. The number of nitrogens with zero attached hydrogens (tertiary/aromatic N) is 3. The van der Waals surface area contributed by atoms with Crippen molar-refractivity contribution in [3.05, 3.63) is 53.6 Å². The Morgan fingerprint density at radius 3 is 2.35 bits per heavy atom. The molecule has 2 N–H and O–H groups in total. The van der Waals surface area contributed by atoms with Crippen LogP contribution in [0.15, 0.2) is 42.5 Å². The quantitative estimate of drug-likeness (QED) is 0.615. The highest BCUT2D eigenvalue weighted by Gasteiger charge is 2.25. The summed E-state index contributed by atoms with van der Waals surface area (Å²) in [5.41, 5.74) is 2.81. The van der Waals surface area contributed by atoms with Crippen molar-refractivity contribution in [1.82, 2.24) is 15.1 Å². The van der Waals surface area contributed by atoms with E-state index in [4.69, 9.17) is 9.47 Å².